The number of ether oxygens (including phenoxy) is 1. The Hall–Kier alpha value is -1.27. The highest BCUT2D eigenvalue weighted by atomic mass is 32.1. The lowest BCUT2D eigenvalue weighted by Crippen LogP contribution is -2.37. The molecule has 1 aliphatic rings. The number of hydrogen-bond donors (Lipinski definition) is 1. The maximum absolute atomic E-state index is 11.8. The van der Waals surface area contributed by atoms with Gasteiger partial charge in [-0.1, -0.05) is 13.8 Å². The summed E-state index contributed by atoms with van der Waals surface area (Å²) in [6.07, 6.45) is 1.16. The highest BCUT2D eigenvalue weighted by Gasteiger charge is 2.28. The van der Waals surface area contributed by atoms with Crippen molar-refractivity contribution in [3.05, 3.63) is 10.9 Å². The maximum atomic E-state index is 11.8. The van der Waals surface area contributed by atoms with Gasteiger partial charge in [0.15, 0.2) is 0 Å². The van der Waals surface area contributed by atoms with Crippen LogP contribution in [0.3, 0.4) is 0 Å². The summed E-state index contributed by atoms with van der Waals surface area (Å²) in [4.78, 5) is 17.2. The first-order chi connectivity index (χ1) is 10.1. The molecule has 1 saturated heterocycles. The molecular formula is C15H25N3O2S. The van der Waals surface area contributed by atoms with Gasteiger partial charge in [-0.15, -0.1) is 11.3 Å². The van der Waals surface area contributed by atoms with E-state index in [-0.39, 0.29) is 5.97 Å². The Labute approximate surface area is 130 Å². The molecule has 0 saturated carbocycles. The van der Waals surface area contributed by atoms with Crippen LogP contribution in [-0.2, 0) is 4.74 Å². The van der Waals surface area contributed by atoms with Crippen LogP contribution in [0.15, 0.2) is 6.07 Å². The summed E-state index contributed by atoms with van der Waals surface area (Å²) >= 11 is 1.44. The molecule has 1 aliphatic heterocycles. The molecule has 1 unspecified atom stereocenters. The Bertz CT molecular complexity index is 485. The third-order valence-electron chi connectivity index (χ3n) is 4.01. The predicted octanol–water partition coefficient (Wildman–Crippen LogP) is 2.43. The molecule has 0 bridgehead atoms. The number of hydrogen-bond acceptors (Lipinski definition) is 6. The van der Waals surface area contributed by atoms with E-state index in [1.165, 1.54) is 11.3 Å². The van der Waals surface area contributed by atoms with E-state index in [2.05, 4.69) is 23.6 Å². The normalized spacial score (nSPS) is 18.5. The summed E-state index contributed by atoms with van der Waals surface area (Å²) in [6, 6.07) is 2.50. The van der Waals surface area contributed by atoms with Crippen LogP contribution in [0.25, 0.3) is 0 Å². The molecule has 2 heterocycles. The van der Waals surface area contributed by atoms with Gasteiger partial charge in [-0.25, -0.2) is 4.79 Å². The molecule has 0 aliphatic carbocycles. The molecule has 2 rings (SSSR count). The molecule has 0 spiro atoms. The summed E-state index contributed by atoms with van der Waals surface area (Å²) in [7, 11) is 0. The first-order valence-electron chi connectivity index (χ1n) is 7.66. The van der Waals surface area contributed by atoms with Gasteiger partial charge in [-0.05, 0) is 32.5 Å². The topological polar surface area (TPSA) is 58.8 Å². The summed E-state index contributed by atoms with van der Waals surface area (Å²) < 4.78 is 5.04. The summed E-state index contributed by atoms with van der Waals surface area (Å²) in [6.45, 7) is 10.8. The van der Waals surface area contributed by atoms with E-state index >= 15 is 0 Å². The van der Waals surface area contributed by atoms with E-state index in [0.29, 0.717) is 23.2 Å². The van der Waals surface area contributed by atoms with Gasteiger partial charge in [-0.2, -0.15) is 0 Å². The fourth-order valence-electron chi connectivity index (χ4n) is 2.88. The first kappa shape index (κ1) is 16.1. The highest BCUT2D eigenvalue weighted by molar-refractivity contribution is 7.18. The van der Waals surface area contributed by atoms with Crippen LogP contribution in [0.4, 0.5) is 10.7 Å². The molecule has 1 fully saturated rings. The molecule has 0 aromatic carbocycles. The maximum Gasteiger partial charge on any atom is 0.350 e. The van der Waals surface area contributed by atoms with Crippen molar-refractivity contribution >= 4 is 28.0 Å². The number of nitrogens with two attached hydrogens (primary N) is 1. The second-order valence-electron chi connectivity index (χ2n) is 5.20. The number of nitrogen functional groups attached to an aromatic ring is 1. The molecule has 5 nitrogen and oxygen atoms in total. The van der Waals surface area contributed by atoms with Crippen LogP contribution in [0.1, 0.15) is 36.9 Å². The zero-order chi connectivity index (χ0) is 15.4. The molecule has 21 heavy (non-hydrogen) atoms. The molecule has 0 radical (unpaired) electrons. The predicted molar refractivity (Wildman–Crippen MR) is 88.2 cm³/mol. The van der Waals surface area contributed by atoms with Crippen LogP contribution in [0, 0.1) is 0 Å². The minimum Gasteiger partial charge on any atom is -0.462 e. The van der Waals surface area contributed by atoms with E-state index in [1.807, 2.05) is 6.07 Å². The van der Waals surface area contributed by atoms with Crippen molar-refractivity contribution in [3.8, 4) is 0 Å². The van der Waals surface area contributed by atoms with Crippen LogP contribution in [-0.4, -0.2) is 49.7 Å². The van der Waals surface area contributed by atoms with Crippen molar-refractivity contribution in [2.45, 2.75) is 33.2 Å². The lowest BCUT2D eigenvalue weighted by Gasteiger charge is -2.26. The molecule has 1 aromatic rings. The Morgan fingerprint density at radius 3 is 2.81 bits per heavy atom. The van der Waals surface area contributed by atoms with Crippen LogP contribution < -0.4 is 10.6 Å². The van der Waals surface area contributed by atoms with Gasteiger partial charge in [0.2, 0.25) is 0 Å². The Balaban J connectivity index is 2.07. The van der Waals surface area contributed by atoms with Crippen molar-refractivity contribution in [2.24, 2.45) is 0 Å². The summed E-state index contributed by atoms with van der Waals surface area (Å²) in [5.41, 5.74) is 6.49. The SMILES string of the molecule is CCOC(=O)c1sc(N2CCC(N(CC)CC)C2)cc1N. The number of carbonyl (C=O) groups excluding carboxylic acids is 1. The Kier molecular flexibility index (Phi) is 5.47. The smallest absolute Gasteiger partial charge is 0.350 e. The van der Waals surface area contributed by atoms with Crippen LogP contribution >= 0.6 is 11.3 Å². The zero-order valence-corrected chi connectivity index (χ0v) is 13.9. The average molecular weight is 311 g/mol. The number of thiophene rings is 1. The number of rotatable bonds is 6. The molecular weight excluding hydrogens is 286 g/mol. The second kappa shape index (κ2) is 7.13. The minimum absolute atomic E-state index is 0.314. The van der Waals surface area contributed by atoms with E-state index in [9.17, 15) is 4.79 Å². The lowest BCUT2D eigenvalue weighted by atomic mass is 10.2. The molecule has 2 N–H and O–H groups in total. The summed E-state index contributed by atoms with van der Waals surface area (Å²) in [5.74, 6) is -0.314. The Morgan fingerprint density at radius 2 is 2.19 bits per heavy atom. The monoisotopic (exact) mass is 311 g/mol. The van der Waals surface area contributed by atoms with Crippen molar-refractivity contribution < 1.29 is 9.53 Å². The van der Waals surface area contributed by atoms with Gasteiger partial charge >= 0.3 is 5.97 Å². The van der Waals surface area contributed by atoms with Crippen molar-refractivity contribution in [3.63, 3.8) is 0 Å². The average Bonchev–Trinajstić information content (AvgIpc) is 3.07. The Morgan fingerprint density at radius 1 is 1.48 bits per heavy atom. The molecule has 1 atom stereocenters. The van der Waals surface area contributed by atoms with Crippen molar-refractivity contribution in [1.29, 1.82) is 0 Å². The van der Waals surface area contributed by atoms with E-state index in [0.717, 1.165) is 37.6 Å². The quantitative estimate of drug-likeness (QED) is 0.818. The van der Waals surface area contributed by atoms with Crippen molar-refractivity contribution in [2.75, 3.05) is 43.4 Å². The highest BCUT2D eigenvalue weighted by Crippen LogP contribution is 2.35. The third kappa shape index (κ3) is 3.49. The third-order valence-corrected chi connectivity index (χ3v) is 5.20. The number of likely N-dealkylation sites (N-methyl/N-ethyl adjacent to an activating group) is 1. The van der Waals surface area contributed by atoms with Gasteiger partial charge in [0.05, 0.1) is 17.3 Å². The van der Waals surface area contributed by atoms with Gasteiger partial charge in [0.1, 0.15) is 4.88 Å². The van der Waals surface area contributed by atoms with E-state index in [1.54, 1.807) is 6.92 Å². The van der Waals surface area contributed by atoms with Crippen LogP contribution in [0.5, 0.6) is 0 Å². The van der Waals surface area contributed by atoms with Gasteiger partial charge in [0, 0.05) is 19.1 Å². The van der Waals surface area contributed by atoms with Gasteiger partial charge in [-0.3, -0.25) is 4.90 Å². The molecule has 1 aromatic heterocycles. The summed E-state index contributed by atoms with van der Waals surface area (Å²) in [5, 5.41) is 1.07. The lowest BCUT2D eigenvalue weighted by molar-refractivity contribution is 0.0533. The van der Waals surface area contributed by atoms with E-state index < -0.39 is 0 Å². The van der Waals surface area contributed by atoms with E-state index in [4.69, 9.17) is 10.5 Å². The first-order valence-corrected chi connectivity index (χ1v) is 8.47. The second-order valence-corrected chi connectivity index (χ2v) is 6.23. The van der Waals surface area contributed by atoms with Gasteiger partial charge in [0.25, 0.3) is 0 Å². The zero-order valence-electron chi connectivity index (χ0n) is 13.1. The molecule has 6 heteroatoms. The van der Waals surface area contributed by atoms with Gasteiger partial charge < -0.3 is 15.4 Å². The number of nitrogens with zero attached hydrogens (tertiary/aromatic N) is 2. The number of esters is 1. The fourth-order valence-corrected chi connectivity index (χ4v) is 3.89. The fraction of sp³-hybridized carbons (Fsp3) is 0.667. The molecule has 118 valence electrons. The van der Waals surface area contributed by atoms with Crippen molar-refractivity contribution in [1.82, 2.24) is 4.90 Å². The number of anilines is 2. The molecule has 0 amide bonds. The number of carbonyl (C=O) groups is 1. The van der Waals surface area contributed by atoms with Crippen LogP contribution in [0.2, 0.25) is 0 Å². The minimum atomic E-state index is -0.314. The largest absolute Gasteiger partial charge is 0.462 e. The standard InChI is InChI=1S/C15H25N3O2S/c1-4-17(5-2)11-7-8-18(10-11)13-9-12(16)14(21-13)15(19)20-6-3/h9,11H,4-8,10,16H2,1-3H3.